The van der Waals surface area contributed by atoms with E-state index in [1.807, 2.05) is 60.8 Å². The number of amides is 2. The number of carbonyl (C=O) groups is 2. The van der Waals surface area contributed by atoms with Gasteiger partial charge in [0.15, 0.2) is 0 Å². The van der Waals surface area contributed by atoms with Crippen molar-refractivity contribution in [3.05, 3.63) is 101 Å². The average Bonchev–Trinajstić information content (AvgIpc) is 3.75. The average molecular weight is 764 g/mol. The number of nitrogens with one attached hydrogen (secondary N) is 4. The van der Waals surface area contributed by atoms with E-state index in [1.165, 1.54) is 6.07 Å². The highest BCUT2D eigenvalue weighted by Gasteiger charge is 2.26. The number of hydrogen-bond acceptors (Lipinski definition) is 6. The first kappa shape index (κ1) is 40.1. The summed E-state index contributed by atoms with van der Waals surface area (Å²) in [5, 5.41) is 8.32. The van der Waals surface area contributed by atoms with Gasteiger partial charge in [-0.25, -0.2) is 4.57 Å². The lowest BCUT2D eigenvalue weighted by Gasteiger charge is -2.21. The fourth-order valence-electron chi connectivity index (χ4n) is 6.41. The van der Waals surface area contributed by atoms with Crippen molar-refractivity contribution in [1.29, 1.82) is 0 Å². The Bertz CT molecular complexity index is 1930. The lowest BCUT2D eigenvalue weighted by Crippen LogP contribution is -2.53. The Hall–Kier alpha value is -4.12. The van der Waals surface area contributed by atoms with Gasteiger partial charge in [-0.2, -0.15) is 0 Å². The molecule has 0 aliphatic heterocycles. The van der Waals surface area contributed by atoms with E-state index in [2.05, 4.69) is 20.6 Å². The molecule has 0 aliphatic rings. The zero-order chi connectivity index (χ0) is 37.5. The van der Waals surface area contributed by atoms with Crippen molar-refractivity contribution in [1.82, 2.24) is 20.6 Å². The van der Waals surface area contributed by atoms with Crippen LogP contribution in [0.25, 0.3) is 21.8 Å². The maximum absolute atomic E-state index is 13.4. The van der Waals surface area contributed by atoms with E-state index in [9.17, 15) is 19.0 Å². The van der Waals surface area contributed by atoms with Crippen LogP contribution < -0.4 is 20.9 Å². The zero-order valence-electron chi connectivity index (χ0n) is 30.0. The second-order valence-electron chi connectivity index (χ2n) is 13.5. The number of para-hydroxylation sites is 3. The van der Waals surface area contributed by atoms with Crippen molar-refractivity contribution in [2.24, 2.45) is 5.73 Å². The van der Waals surface area contributed by atoms with Crippen LogP contribution in [0, 0.1) is 0 Å². The van der Waals surface area contributed by atoms with Crippen LogP contribution in [0.3, 0.4) is 0 Å². The largest absolute Gasteiger partial charge is 0.527 e. The van der Waals surface area contributed by atoms with E-state index in [4.69, 9.17) is 26.4 Å². The minimum atomic E-state index is -4.21. The van der Waals surface area contributed by atoms with Crippen molar-refractivity contribution in [2.45, 2.75) is 89.1 Å². The van der Waals surface area contributed by atoms with Gasteiger partial charge in [-0.3, -0.25) is 19.0 Å². The minimum Gasteiger partial charge on any atom is -0.403 e. The monoisotopic (exact) mass is 763 g/mol. The Balaban J connectivity index is 0.960. The van der Waals surface area contributed by atoms with Crippen LogP contribution in [0.15, 0.2) is 85.1 Å². The predicted octanol–water partition coefficient (Wildman–Crippen LogP) is 8.11. The standard InChI is InChI=1S/C40H51ClN5O6P/c41-33-19-11-14-22-38(33)52-53(49,50)51-24-16-8-6-4-2-1-3-5-7-15-23-43-40(48)37(26-30-28-44-36-21-13-10-18-32(30)36)46-39(47)34(42)27-31-25-29-17-9-12-20-35(29)45-31/h9-14,17-22,25,28,34,37,44-45H,1-8,15-16,23-24,26-27,42H2,(H,43,48)(H,46,47)(H,49,50)/t34-,37+/m1/s1. The number of aromatic nitrogens is 2. The van der Waals surface area contributed by atoms with Crippen molar-refractivity contribution < 1.29 is 28.1 Å². The first-order chi connectivity index (χ1) is 25.7. The van der Waals surface area contributed by atoms with Crippen LogP contribution >= 0.6 is 19.4 Å². The maximum Gasteiger partial charge on any atom is 0.527 e. The molecule has 3 atom stereocenters. The molecule has 0 saturated heterocycles. The third-order valence-electron chi connectivity index (χ3n) is 9.27. The number of halogens is 1. The van der Waals surface area contributed by atoms with Gasteiger partial charge in [0, 0.05) is 47.7 Å². The molecule has 0 saturated carbocycles. The molecule has 0 radical (unpaired) electrons. The number of phosphoric ester groups is 1. The second kappa shape index (κ2) is 20.4. The molecule has 1 unspecified atom stereocenters. The fourth-order valence-corrected chi connectivity index (χ4v) is 7.46. The van der Waals surface area contributed by atoms with Gasteiger partial charge in [0.2, 0.25) is 11.8 Å². The molecule has 0 aliphatic carbocycles. The Morgan fingerprint density at radius 3 is 2.19 bits per heavy atom. The van der Waals surface area contributed by atoms with Gasteiger partial charge in [-0.15, -0.1) is 0 Å². The third-order valence-corrected chi connectivity index (χ3v) is 10.5. The molecule has 0 fully saturated rings. The summed E-state index contributed by atoms with van der Waals surface area (Å²) >= 11 is 5.98. The topological polar surface area (TPSA) is 172 Å². The number of aromatic amines is 2. The van der Waals surface area contributed by atoms with Crippen LogP contribution in [0.5, 0.6) is 5.75 Å². The van der Waals surface area contributed by atoms with Crippen LogP contribution in [0.4, 0.5) is 0 Å². The number of carbonyl (C=O) groups excluding carboxylic acids is 2. The van der Waals surface area contributed by atoms with E-state index in [0.717, 1.165) is 90.9 Å². The van der Waals surface area contributed by atoms with E-state index in [1.54, 1.807) is 18.2 Å². The fraction of sp³-hybridized carbons (Fsp3) is 0.400. The highest BCUT2D eigenvalue weighted by molar-refractivity contribution is 7.47. The first-order valence-electron chi connectivity index (χ1n) is 18.6. The molecule has 2 heterocycles. The van der Waals surface area contributed by atoms with Gasteiger partial charge in [-0.1, -0.05) is 111 Å². The van der Waals surface area contributed by atoms with Gasteiger partial charge in [0.1, 0.15) is 11.8 Å². The van der Waals surface area contributed by atoms with Crippen molar-refractivity contribution in [3.63, 3.8) is 0 Å². The molecule has 7 N–H and O–H groups in total. The number of H-pyrrole nitrogens is 2. The molecular formula is C40H51ClN5O6P. The van der Waals surface area contributed by atoms with Gasteiger partial charge in [-0.05, 0) is 54.1 Å². The molecule has 11 nitrogen and oxygen atoms in total. The van der Waals surface area contributed by atoms with E-state index in [-0.39, 0.29) is 29.2 Å². The Morgan fingerprint density at radius 2 is 1.45 bits per heavy atom. The lowest BCUT2D eigenvalue weighted by atomic mass is 10.0. The van der Waals surface area contributed by atoms with Crippen LogP contribution in [0.1, 0.15) is 75.5 Å². The number of unbranched alkanes of at least 4 members (excludes halogenated alkanes) is 9. The van der Waals surface area contributed by atoms with Crippen LogP contribution in [-0.2, 0) is 31.5 Å². The summed E-state index contributed by atoms with van der Waals surface area (Å²) in [6.45, 7) is 0.677. The zero-order valence-corrected chi connectivity index (χ0v) is 31.7. The smallest absolute Gasteiger partial charge is 0.403 e. The highest BCUT2D eigenvalue weighted by atomic mass is 35.5. The summed E-state index contributed by atoms with van der Waals surface area (Å²) < 4.78 is 22.3. The highest BCUT2D eigenvalue weighted by Crippen LogP contribution is 2.45. The Morgan fingerprint density at radius 1 is 0.811 bits per heavy atom. The molecule has 284 valence electrons. The quantitative estimate of drug-likeness (QED) is 0.0288. The van der Waals surface area contributed by atoms with E-state index < -0.39 is 19.9 Å². The molecule has 2 aromatic heterocycles. The van der Waals surface area contributed by atoms with Gasteiger partial charge in [0.05, 0.1) is 17.7 Å². The van der Waals surface area contributed by atoms with E-state index in [0.29, 0.717) is 25.8 Å². The summed E-state index contributed by atoms with van der Waals surface area (Å²) in [5.41, 5.74) is 10.1. The first-order valence-corrected chi connectivity index (χ1v) is 20.4. The van der Waals surface area contributed by atoms with Crippen molar-refractivity contribution in [2.75, 3.05) is 13.2 Å². The number of benzene rings is 3. The lowest BCUT2D eigenvalue weighted by molar-refractivity contribution is -0.129. The predicted molar refractivity (Wildman–Crippen MR) is 211 cm³/mol. The molecule has 13 heteroatoms. The number of fused-ring (bicyclic) bond motifs is 2. The molecular weight excluding hydrogens is 713 g/mol. The number of rotatable bonds is 23. The minimum absolute atomic E-state index is 0.121. The molecule has 5 rings (SSSR count). The van der Waals surface area contributed by atoms with Gasteiger partial charge >= 0.3 is 7.82 Å². The third kappa shape index (κ3) is 12.8. The van der Waals surface area contributed by atoms with Gasteiger partial charge in [0.25, 0.3) is 0 Å². The molecule has 5 aromatic rings. The van der Waals surface area contributed by atoms with E-state index >= 15 is 0 Å². The number of nitrogens with two attached hydrogens (primary N) is 1. The van der Waals surface area contributed by atoms with Crippen LogP contribution in [-0.4, -0.2) is 51.9 Å². The summed E-state index contributed by atoms with van der Waals surface area (Å²) in [7, 11) is -4.21. The summed E-state index contributed by atoms with van der Waals surface area (Å²) in [6, 6.07) is 22.7. The van der Waals surface area contributed by atoms with Crippen LogP contribution in [0.2, 0.25) is 5.02 Å². The normalized spacial score (nSPS) is 13.8. The summed E-state index contributed by atoms with van der Waals surface area (Å²) in [4.78, 5) is 43.2. The Kier molecular flexibility index (Phi) is 15.4. The maximum atomic E-state index is 13.4. The van der Waals surface area contributed by atoms with Gasteiger partial charge < -0.3 is 30.9 Å². The Labute approximate surface area is 316 Å². The number of phosphoric acid groups is 1. The molecule has 53 heavy (non-hydrogen) atoms. The molecule has 2 amide bonds. The second-order valence-corrected chi connectivity index (χ2v) is 15.3. The summed E-state index contributed by atoms with van der Waals surface area (Å²) in [5.74, 6) is -0.468. The SMILES string of the molecule is N[C@H](Cc1cc2ccccc2[nH]1)C(=O)N[C@@H](Cc1c[nH]c2ccccc12)C(=O)NCCCCCCCCCCCCOP(=O)(O)Oc1ccccc1Cl. The summed E-state index contributed by atoms with van der Waals surface area (Å²) in [6.07, 6.45) is 12.6. The molecule has 3 aromatic carbocycles. The van der Waals surface area contributed by atoms with Crippen molar-refractivity contribution >= 4 is 53.0 Å². The molecule has 0 bridgehead atoms. The molecule has 0 spiro atoms. The number of hydrogen-bond donors (Lipinski definition) is 6. The van der Waals surface area contributed by atoms with Crippen molar-refractivity contribution in [3.8, 4) is 5.75 Å².